The number of fused-ring (bicyclic) bond motifs is 1. The highest BCUT2D eigenvalue weighted by atomic mass is 16.5. The molecule has 200 valence electrons. The quantitative estimate of drug-likeness (QED) is 0.506. The predicted molar refractivity (Wildman–Crippen MR) is 147 cm³/mol. The lowest BCUT2D eigenvalue weighted by Gasteiger charge is -2.28. The molecule has 0 amide bonds. The van der Waals surface area contributed by atoms with E-state index in [1.807, 2.05) is 37.5 Å². The Labute approximate surface area is 221 Å². The number of aliphatic imine (C=N–C) groups is 1. The Morgan fingerprint density at radius 2 is 2.05 bits per heavy atom. The van der Waals surface area contributed by atoms with Crippen molar-refractivity contribution in [1.82, 2.24) is 18.7 Å². The Hall–Kier alpha value is -3.64. The van der Waals surface area contributed by atoms with Gasteiger partial charge in [-0.1, -0.05) is 24.5 Å². The zero-order valence-corrected chi connectivity index (χ0v) is 22.4. The van der Waals surface area contributed by atoms with E-state index in [0.717, 1.165) is 35.6 Å². The van der Waals surface area contributed by atoms with Gasteiger partial charge in [0.25, 0.3) is 5.56 Å². The van der Waals surface area contributed by atoms with Gasteiger partial charge in [0.05, 0.1) is 6.54 Å². The lowest BCUT2D eigenvalue weighted by molar-refractivity contribution is 0.104. The first-order chi connectivity index (χ1) is 18.4. The molecule has 2 aromatic heterocycles. The zero-order valence-electron chi connectivity index (χ0n) is 22.4. The molecule has 1 atom stereocenters. The summed E-state index contributed by atoms with van der Waals surface area (Å²) in [6.07, 6.45) is 11.6. The summed E-state index contributed by atoms with van der Waals surface area (Å²) in [6.45, 7) is 6.29. The van der Waals surface area contributed by atoms with E-state index in [1.165, 1.54) is 11.0 Å². The van der Waals surface area contributed by atoms with E-state index in [9.17, 15) is 14.7 Å². The molecule has 3 aliphatic rings. The average Bonchev–Trinajstić information content (AvgIpc) is 3.25. The number of hydrogen-bond acceptors (Lipinski definition) is 6. The van der Waals surface area contributed by atoms with Crippen molar-refractivity contribution in [3.63, 3.8) is 0 Å². The molecule has 0 radical (unpaired) electrons. The molecule has 1 fully saturated rings. The van der Waals surface area contributed by atoms with Gasteiger partial charge in [-0.05, 0) is 64.5 Å². The summed E-state index contributed by atoms with van der Waals surface area (Å²) in [5.41, 5.74) is 8.67. The smallest absolute Gasteiger partial charge is 0.332 e. The number of ether oxygens (including phenoxy) is 1. The van der Waals surface area contributed by atoms with E-state index in [4.69, 9.17) is 14.7 Å². The summed E-state index contributed by atoms with van der Waals surface area (Å²) in [5.74, 6) is 1.39. The molecule has 1 unspecified atom stereocenters. The van der Waals surface area contributed by atoms with Crippen LogP contribution >= 0.6 is 0 Å². The molecule has 9 heteroatoms. The van der Waals surface area contributed by atoms with Crippen molar-refractivity contribution < 1.29 is 9.84 Å². The average molecular weight is 518 g/mol. The molecule has 0 saturated heterocycles. The fourth-order valence-corrected chi connectivity index (χ4v) is 5.06. The molecule has 0 bridgehead atoms. The fraction of sp³-hybridized carbons (Fsp3) is 0.517. The van der Waals surface area contributed by atoms with E-state index >= 15 is 0 Å². The van der Waals surface area contributed by atoms with Gasteiger partial charge in [0.1, 0.15) is 11.9 Å². The van der Waals surface area contributed by atoms with Crippen LogP contribution in [0.5, 0.6) is 0 Å². The van der Waals surface area contributed by atoms with Crippen molar-refractivity contribution in [2.24, 2.45) is 4.99 Å². The molecule has 1 aliphatic heterocycles. The van der Waals surface area contributed by atoms with Gasteiger partial charge in [-0.25, -0.2) is 14.8 Å². The van der Waals surface area contributed by atoms with Gasteiger partial charge in [0.2, 0.25) is 0 Å². The normalized spacial score (nSPS) is 18.1. The third-order valence-electron chi connectivity index (χ3n) is 7.61. The predicted octanol–water partition coefficient (Wildman–Crippen LogP) is 4.01. The van der Waals surface area contributed by atoms with Crippen LogP contribution in [0.2, 0.25) is 0 Å². The molecule has 0 aromatic carbocycles. The SMILES string of the molecule is CCC(C)n1c(=O)n(CCCO)c(=O)c2c1nc(C1=C(C)N=C(OC3CCC3)CC1)n2CC1=C=C=CC=C1. The van der Waals surface area contributed by atoms with Gasteiger partial charge >= 0.3 is 5.69 Å². The first-order valence-corrected chi connectivity index (χ1v) is 13.6. The number of allylic oxidation sites excluding steroid dienone is 6. The first kappa shape index (κ1) is 26.0. The summed E-state index contributed by atoms with van der Waals surface area (Å²) < 4.78 is 10.8. The number of aliphatic hydroxyl groups is 1. The second kappa shape index (κ2) is 11.0. The number of imidazole rings is 1. The van der Waals surface area contributed by atoms with E-state index in [0.29, 0.717) is 49.2 Å². The minimum Gasteiger partial charge on any atom is -0.477 e. The van der Waals surface area contributed by atoms with E-state index in [-0.39, 0.29) is 25.3 Å². The van der Waals surface area contributed by atoms with Gasteiger partial charge in [0.15, 0.2) is 17.1 Å². The highest BCUT2D eigenvalue weighted by Gasteiger charge is 2.28. The van der Waals surface area contributed by atoms with Crippen molar-refractivity contribution >= 4 is 22.6 Å². The van der Waals surface area contributed by atoms with Gasteiger partial charge in [-0.15, -0.1) is 0 Å². The maximum absolute atomic E-state index is 13.8. The lowest BCUT2D eigenvalue weighted by Crippen LogP contribution is -2.41. The van der Waals surface area contributed by atoms with Gasteiger partial charge in [-0.2, -0.15) is 0 Å². The Morgan fingerprint density at radius 1 is 1.24 bits per heavy atom. The number of rotatable bonds is 9. The molecule has 3 heterocycles. The largest absolute Gasteiger partial charge is 0.477 e. The summed E-state index contributed by atoms with van der Waals surface area (Å²) in [5, 5.41) is 9.42. The van der Waals surface area contributed by atoms with E-state index in [2.05, 4.69) is 11.5 Å². The summed E-state index contributed by atoms with van der Waals surface area (Å²) in [7, 11) is 0. The van der Waals surface area contributed by atoms with Crippen molar-refractivity contribution in [1.29, 1.82) is 0 Å². The second-order valence-corrected chi connectivity index (χ2v) is 10.2. The van der Waals surface area contributed by atoms with Crippen LogP contribution in [0.15, 0.2) is 55.5 Å². The van der Waals surface area contributed by atoms with Crippen LogP contribution in [0, 0.1) is 0 Å². The van der Waals surface area contributed by atoms with Crippen molar-refractivity contribution in [3.05, 3.63) is 67.6 Å². The van der Waals surface area contributed by atoms with Crippen LogP contribution < -0.4 is 11.2 Å². The molecule has 2 aliphatic carbocycles. The third-order valence-corrected chi connectivity index (χ3v) is 7.61. The standard InChI is InChI=1S/C29H35N5O4/c1-4-19(2)34-27-25(28(36)32(29(34)37)16-9-17-35)33(18-21-10-6-5-7-11-21)26(31-27)23-14-15-24(30-20(23)3)38-22-12-8-13-22/h5-6,10,19,22,35H,4,8-9,12-18H2,1-3H3. The minimum absolute atomic E-state index is 0.109. The highest BCUT2D eigenvalue weighted by molar-refractivity contribution is 5.86. The van der Waals surface area contributed by atoms with Gasteiger partial charge < -0.3 is 14.4 Å². The van der Waals surface area contributed by atoms with Crippen molar-refractivity contribution in [3.8, 4) is 0 Å². The van der Waals surface area contributed by atoms with Crippen molar-refractivity contribution in [2.45, 2.75) is 91.0 Å². The molecule has 1 N–H and O–H groups in total. The Morgan fingerprint density at radius 3 is 2.68 bits per heavy atom. The van der Waals surface area contributed by atoms with Crippen LogP contribution in [-0.2, 0) is 17.8 Å². The van der Waals surface area contributed by atoms with Gasteiger partial charge in [0, 0.05) is 42.5 Å². The van der Waals surface area contributed by atoms with Gasteiger partial charge in [-0.3, -0.25) is 13.9 Å². The molecule has 1 saturated carbocycles. The Balaban J connectivity index is 1.75. The van der Waals surface area contributed by atoms with E-state index < -0.39 is 11.2 Å². The Bertz CT molecular complexity index is 1560. The van der Waals surface area contributed by atoms with E-state index in [1.54, 1.807) is 10.6 Å². The van der Waals surface area contributed by atoms with Crippen molar-refractivity contribution in [2.75, 3.05) is 6.61 Å². The fourth-order valence-electron chi connectivity index (χ4n) is 5.06. The van der Waals surface area contributed by atoms with Crippen LogP contribution in [0.1, 0.15) is 77.6 Å². The summed E-state index contributed by atoms with van der Waals surface area (Å²) in [4.78, 5) is 37.1. The van der Waals surface area contributed by atoms with Crippen LogP contribution in [0.4, 0.5) is 0 Å². The molecular weight excluding hydrogens is 482 g/mol. The van der Waals surface area contributed by atoms with Crippen LogP contribution in [0.3, 0.4) is 0 Å². The van der Waals surface area contributed by atoms with Crippen LogP contribution in [0.25, 0.3) is 16.7 Å². The number of aromatic nitrogens is 4. The molecule has 38 heavy (non-hydrogen) atoms. The molecule has 5 rings (SSSR count). The minimum atomic E-state index is -0.400. The number of nitrogens with zero attached hydrogens (tertiary/aromatic N) is 5. The third kappa shape index (κ3) is 4.81. The lowest BCUT2D eigenvalue weighted by atomic mass is 9.96. The Kier molecular flexibility index (Phi) is 7.52. The highest BCUT2D eigenvalue weighted by Crippen LogP contribution is 2.33. The second-order valence-electron chi connectivity index (χ2n) is 10.2. The number of aliphatic hydroxyl groups excluding tert-OH is 1. The molecule has 2 aromatic rings. The molecule has 9 nitrogen and oxygen atoms in total. The first-order valence-electron chi connectivity index (χ1n) is 13.6. The maximum atomic E-state index is 13.8. The molecular formula is C29H35N5O4. The van der Waals surface area contributed by atoms with Crippen LogP contribution in [-0.4, -0.2) is 42.4 Å². The zero-order chi connectivity index (χ0) is 26.8. The maximum Gasteiger partial charge on any atom is 0.332 e. The monoisotopic (exact) mass is 517 g/mol. The summed E-state index contributed by atoms with van der Waals surface area (Å²) in [6, 6.07) is -0.166. The molecule has 0 spiro atoms. The summed E-state index contributed by atoms with van der Waals surface area (Å²) >= 11 is 0. The topological polar surface area (TPSA) is 104 Å². The number of hydrogen-bond donors (Lipinski definition) is 1.